The average molecular weight is 739 g/mol. The second kappa shape index (κ2) is 14.0. The van der Waals surface area contributed by atoms with E-state index >= 15 is 0 Å². The summed E-state index contributed by atoms with van der Waals surface area (Å²) in [4.78, 5) is 20.2. The van der Waals surface area contributed by atoms with Crippen LogP contribution in [-0.4, -0.2) is 19.9 Å². The molecule has 7 aromatic carbocycles. The Labute approximate surface area is 335 Å². The van der Waals surface area contributed by atoms with Crippen molar-refractivity contribution < 1.29 is 0 Å². The topological polar surface area (TPSA) is 51.6 Å². The molecule has 0 unspecified atom stereocenters. The number of hydrogen-bond donors (Lipinski definition) is 0. The summed E-state index contributed by atoms with van der Waals surface area (Å²) in [6, 6.07) is 64.1. The lowest BCUT2D eigenvalue weighted by Gasteiger charge is -2.18. The maximum atomic E-state index is 5.19. The van der Waals surface area contributed by atoms with E-state index in [0.29, 0.717) is 0 Å². The first-order valence-electron chi connectivity index (χ1n) is 19.5. The van der Waals surface area contributed by atoms with Gasteiger partial charge in [-0.3, -0.25) is 19.9 Å². The van der Waals surface area contributed by atoms with E-state index in [-0.39, 0.29) is 0 Å². The van der Waals surface area contributed by atoms with Crippen LogP contribution in [0.3, 0.4) is 0 Å². The zero-order valence-electron chi connectivity index (χ0n) is 31.4. The van der Waals surface area contributed by atoms with Gasteiger partial charge in [-0.05, 0) is 62.7 Å². The molecule has 0 aliphatic rings. The van der Waals surface area contributed by atoms with Gasteiger partial charge in [0, 0.05) is 68.6 Å². The molecule has 0 bridgehead atoms. The van der Waals surface area contributed by atoms with Crippen LogP contribution in [0.25, 0.3) is 110 Å². The molecule has 0 aliphatic carbocycles. The van der Waals surface area contributed by atoms with Crippen LogP contribution < -0.4 is 0 Å². The third-order valence-corrected chi connectivity index (χ3v) is 11.3. The summed E-state index contributed by atoms with van der Waals surface area (Å²) in [6.45, 7) is 0. The van der Waals surface area contributed by atoms with Crippen molar-refractivity contribution >= 4 is 43.6 Å². The fourth-order valence-corrected chi connectivity index (χ4v) is 8.61. The van der Waals surface area contributed by atoms with Crippen LogP contribution >= 0.6 is 0 Å². The molecule has 0 saturated heterocycles. The lowest BCUT2D eigenvalue weighted by atomic mass is 9.88. The fourth-order valence-electron chi connectivity index (χ4n) is 8.61. The summed E-state index contributed by atoms with van der Waals surface area (Å²) in [6.07, 6.45) is 7.85. The lowest BCUT2D eigenvalue weighted by Crippen LogP contribution is -1.95. The van der Waals surface area contributed by atoms with Gasteiger partial charge >= 0.3 is 0 Å². The van der Waals surface area contributed by atoms with Crippen LogP contribution in [0.1, 0.15) is 0 Å². The monoisotopic (exact) mass is 738 g/mol. The van der Waals surface area contributed by atoms with Gasteiger partial charge in [-0.1, -0.05) is 164 Å². The third kappa shape index (κ3) is 5.62. The zero-order valence-corrected chi connectivity index (χ0v) is 31.4. The molecule has 0 saturated carbocycles. The highest BCUT2D eigenvalue weighted by Gasteiger charge is 2.20. The van der Waals surface area contributed by atoms with Crippen LogP contribution in [-0.2, 0) is 0 Å². The quantitative estimate of drug-likeness (QED) is 0.159. The second-order valence-electron chi connectivity index (χ2n) is 14.6. The summed E-state index contributed by atoms with van der Waals surface area (Å²) in [5.41, 5.74) is 16.9. The number of hydrogen-bond acceptors (Lipinski definition) is 4. The highest BCUT2D eigenvalue weighted by Crippen LogP contribution is 2.44. The highest BCUT2D eigenvalue weighted by molar-refractivity contribution is 6.16. The normalized spacial score (nSPS) is 11.4. The van der Waals surface area contributed by atoms with Gasteiger partial charge in [-0.15, -0.1) is 0 Å². The summed E-state index contributed by atoms with van der Waals surface area (Å²) in [5, 5.41) is 4.29. The molecule has 11 rings (SSSR count). The molecule has 11 aromatic rings. The minimum atomic E-state index is 0.885. The predicted molar refractivity (Wildman–Crippen MR) is 240 cm³/mol. The largest absolute Gasteiger partial charge is 0.254 e. The van der Waals surface area contributed by atoms with E-state index in [1.165, 1.54) is 0 Å². The maximum absolute atomic E-state index is 5.19. The van der Waals surface area contributed by atoms with E-state index in [0.717, 1.165) is 110 Å². The van der Waals surface area contributed by atoms with Crippen LogP contribution in [0, 0.1) is 0 Å². The van der Waals surface area contributed by atoms with E-state index < -0.39 is 0 Å². The van der Waals surface area contributed by atoms with Gasteiger partial charge in [-0.2, -0.15) is 0 Å². The van der Waals surface area contributed by atoms with Crippen molar-refractivity contribution in [3.05, 3.63) is 207 Å². The van der Waals surface area contributed by atoms with Crippen molar-refractivity contribution in [1.82, 2.24) is 19.9 Å². The molecular formula is C54H34N4. The van der Waals surface area contributed by atoms with E-state index in [9.17, 15) is 0 Å². The number of benzene rings is 7. The smallest absolute Gasteiger partial charge is 0.0971 e. The maximum Gasteiger partial charge on any atom is 0.0971 e. The van der Waals surface area contributed by atoms with Crippen molar-refractivity contribution in [3.63, 3.8) is 0 Å². The van der Waals surface area contributed by atoms with Crippen molar-refractivity contribution in [2.75, 3.05) is 0 Å². The van der Waals surface area contributed by atoms with Crippen molar-refractivity contribution in [2.24, 2.45) is 0 Å². The molecule has 4 heterocycles. The molecule has 4 nitrogen and oxygen atoms in total. The average Bonchev–Trinajstić information content (AvgIpc) is 3.31. The molecule has 0 N–H and O–H groups in total. The Bertz CT molecular complexity index is 3090. The van der Waals surface area contributed by atoms with Gasteiger partial charge in [-0.25, -0.2) is 0 Å². The van der Waals surface area contributed by atoms with E-state index in [2.05, 4.69) is 170 Å². The number of aromatic nitrogens is 4. The molecule has 0 spiro atoms. The first-order chi connectivity index (χ1) is 28.8. The molecule has 4 heteroatoms. The molecule has 4 aromatic heterocycles. The molecule has 270 valence electrons. The third-order valence-electron chi connectivity index (χ3n) is 11.3. The Balaban J connectivity index is 1.11. The lowest BCUT2D eigenvalue weighted by molar-refractivity contribution is 1.37. The van der Waals surface area contributed by atoms with Gasteiger partial charge in [0.05, 0.1) is 22.1 Å². The minimum Gasteiger partial charge on any atom is -0.254 e. The predicted octanol–water partition coefficient (Wildman–Crippen LogP) is 13.9. The van der Waals surface area contributed by atoms with Gasteiger partial charge < -0.3 is 0 Å². The molecule has 0 amide bonds. The Morgan fingerprint density at radius 3 is 1.00 bits per heavy atom. The standard InChI is InChI=1S/C54H34N4/c1-5-14-35(15-6-1)41-28-30-55-51-43(41)24-26-45-49(37-18-9-3-10-19-37)47(33-57-53(45)51)39-22-13-23-40(32-39)48-34-58-54-46(50(48)38-20-11-4-12-21-38)27-25-44-42(29-31-56-52(44)54)36-16-7-2-8-17-36/h1-34H. The Morgan fingerprint density at radius 1 is 0.241 bits per heavy atom. The van der Waals surface area contributed by atoms with Crippen LogP contribution in [0.5, 0.6) is 0 Å². The number of nitrogens with zero attached hydrogens (tertiary/aromatic N) is 4. The van der Waals surface area contributed by atoms with Gasteiger partial charge in [0.25, 0.3) is 0 Å². The van der Waals surface area contributed by atoms with Crippen LogP contribution in [0.4, 0.5) is 0 Å². The van der Waals surface area contributed by atoms with E-state index in [4.69, 9.17) is 19.9 Å². The first kappa shape index (κ1) is 33.5. The van der Waals surface area contributed by atoms with Crippen molar-refractivity contribution in [3.8, 4) is 66.8 Å². The van der Waals surface area contributed by atoms with Crippen molar-refractivity contribution in [2.45, 2.75) is 0 Å². The molecule has 0 fully saturated rings. The van der Waals surface area contributed by atoms with Gasteiger partial charge in [0.15, 0.2) is 0 Å². The fraction of sp³-hybridized carbons (Fsp3) is 0. The Morgan fingerprint density at radius 2 is 0.586 bits per heavy atom. The van der Waals surface area contributed by atoms with Crippen LogP contribution in [0.15, 0.2) is 207 Å². The molecule has 0 atom stereocenters. The number of fused-ring (bicyclic) bond motifs is 6. The Hall–Kier alpha value is -7.82. The molecule has 58 heavy (non-hydrogen) atoms. The van der Waals surface area contributed by atoms with Gasteiger partial charge in [0.1, 0.15) is 0 Å². The molecule has 0 radical (unpaired) electrons. The summed E-state index contributed by atoms with van der Waals surface area (Å²) in [7, 11) is 0. The summed E-state index contributed by atoms with van der Waals surface area (Å²) < 4.78 is 0. The van der Waals surface area contributed by atoms with Gasteiger partial charge in [0.2, 0.25) is 0 Å². The number of pyridine rings is 4. The minimum absolute atomic E-state index is 0.885. The van der Waals surface area contributed by atoms with Crippen LogP contribution in [0.2, 0.25) is 0 Å². The van der Waals surface area contributed by atoms with E-state index in [1.807, 2.05) is 36.9 Å². The summed E-state index contributed by atoms with van der Waals surface area (Å²) >= 11 is 0. The highest BCUT2D eigenvalue weighted by atomic mass is 14.7. The Kier molecular flexibility index (Phi) is 8.11. The zero-order chi connectivity index (χ0) is 38.4. The molecular weight excluding hydrogens is 705 g/mol. The second-order valence-corrected chi connectivity index (χ2v) is 14.6. The first-order valence-corrected chi connectivity index (χ1v) is 19.5. The molecule has 0 aliphatic heterocycles. The summed E-state index contributed by atoms with van der Waals surface area (Å²) in [5.74, 6) is 0. The van der Waals surface area contributed by atoms with Crippen molar-refractivity contribution in [1.29, 1.82) is 0 Å². The SMILES string of the molecule is c1ccc(-c2ccnc3c2ccc2c(-c4ccccc4)c(-c4cccc(-c5cnc6c(ccc7c(-c8ccccc8)ccnc76)c5-c5ccccc5)c4)cnc23)cc1. The van der Waals surface area contributed by atoms with E-state index in [1.54, 1.807) is 0 Å². The number of rotatable bonds is 6.